The van der Waals surface area contributed by atoms with Crippen molar-refractivity contribution in [2.75, 3.05) is 0 Å². The van der Waals surface area contributed by atoms with Crippen LogP contribution in [-0.4, -0.2) is 25.1 Å². The summed E-state index contributed by atoms with van der Waals surface area (Å²) in [5.74, 6) is 0.167. The van der Waals surface area contributed by atoms with Crippen molar-refractivity contribution < 1.29 is 10.3 Å². The van der Waals surface area contributed by atoms with Gasteiger partial charge in [0.15, 0.2) is 0 Å². The molecule has 0 aliphatic heterocycles. The van der Waals surface area contributed by atoms with Crippen LogP contribution in [0.4, 0.5) is 0 Å². The van der Waals surface area contributed by atoms with Crippen LogP contribution in [0.25, 0.3) is 0 Å². The highest BCUT2D eigenvalue weighted by Crippen LogP contribution is 2.32. The van der Waals surface area contributed by atoms with Gasteiger partial charge in [0.2, 0.25) is 0 Å². The summed E-state index contributed by atoms with van der Waals surface area (Å²) in [5.41, 5.74) is 2.28. The number of aromatic nitrogens is 3. The van der Waals surface area contributed by atoms with Gasteiger partial charge in [0.1, 0.15) is 12.7 Å². The molecule has 3 rings (SSSR count). The van der Waals surface area contributed by atoms with Gasteiger partial charge in [-0.05, 0) is 35.7 Å². The number of halogens is 3. The molecule has 0 radical (unpaired) electrons. The van der Waals surface area contributed by atoms with Crippen LogP contribution in [0, 0.1) is 10.1 Å². The Balaban J connectivity index is 0.000000596. The first-order valence-corrected chi connectivity index (χ1v) is 9.25. The van der Waals surface area contributed by atoms with Crippen molar-refractivity contribution in [3.63, 3.8) is 0 Å². The fourth-order valence-electron chi connectivity index (χ4n) is 2.59. The predicted octanol–water partition coefficient (Wildman–Crippen LogP) is 5.03. The van der Waals surface area contributed by atoms with Gasteiger partial charge in [-0.3, -0.25) is 4.68 Å². The van der Waals surface area contributed by atoms with E-state index in [0.29, 0.717) is 16.6 Å². The second-order valence-corrected chi connectivity index (χ2v) is 7.21. The lowest BCUT2D eigenvalue weighted by Gasteiger charge is -2.19. The molecule has 27 heavy (non-hydrogen) atoms. The summed E-state index contributed by atoms with van der Waals surface area (Å²) < 4.78 is 2.92. The summed E-state index contributed by atoms with van der Waals surface area (Å²) in [6.07, 6.45) is 4.10. The summed E-state index contributed by atoms with van der Waals surface area (Å²) in [6.45, 7) is 0.697. The van der Waals surface area contributed by atoms with Crippen molar-refractivity contribution in [1.29, 1.82) is 0 Å². The Morgan fingerprint density at radius 1 is 1.26 bits per heavy atom. The molecule has 3 aromatic rings. The van der Waals surface area contributed by atoms with E-state index < -0.39 is 5.09 Å². The number of hydrogen-bond acceptors (Lipinski definition) is 4. The Hall–Kier alpha value is -2.16. The highest BCUT2D eigenvalue weighted by atomic mass is 79.9. The van der Waals surface area contributed by atoms with E-state index in [9.17, 15) is 0 Å². The van der Waals surface area contributed by atoms with Crippen LogP contribution < -0.4 is 0 Å². The third kappa shape index (κ3) is 6.82. The van der Waals surface area contributed by atoms with E-state index in [1.54, 1.807) is 18.7 Å². The van der Waals surface area contributed by atoms with Gasteiger partial charge < -0.3 is 5.21 Å². The molecule has 0 bridgehead atoms. The van der Waals surface area contributed by atoms with E-state index in [-0.39, 0.29) is 5.92 Å². The molecule has 2 aromatic carbocycles. The fourth-order valence-corrected chi connectivity index (χ4v) is 3.60. The third-order valence-corrected chi connectivity index (χ3v) is 5.04. The molecule has 0 aliphatic carbocycles. The van der Waals surface area contributed by atoms with E-state index in [0.717, 1.165) is 16.5 Å². The van der Waals surface area contributed by atoms with Crippen LogP contribution in [0.15, 0.2) is 59.6 Å². The zero-order valence-electron chi connectivity index (χ0n) is 13.9. The van der Waals surface area contributed by atoms with Crippen LogP contribution in [0.3, 0.4) is 0 Å². The predicted molar refractivity (Wildman–Crippen MR) is 106 cm³/mol. The summed E-state index contributed by atoms with van der Waals surface area (Å²) in [6, 6.07) is 13.9. The van der Waals surface area contributed by atoms with Crippen LogP contribution >= 0.6 is 39.1 Å². The molecule has 0 spiro atoms. The van der Waals surface area contributed by atoms with Gasteiger partial charge in [0, 0.05) is 27.0 Å². The quantitative estimate of drug-likeness (QED) is 0.414. The zero-order valence-corrected chi connectivity index (χ0v) is 17.0. The highest BCUT2D eigenvalue weighted by Gasteiger charge is 2.18. The first kappa shape index (κ1) is 21.1. The molecule has 1 atom stereocenters. The molecule has 0 fully saturated rings. The van der Waals surface area contributed by atoms with Crippen LogP contribution in [-0.2, 0) is 13.0 Å². The molecule has 1 heterocycles. The standard InChI is InChI=1S/C17H14BrCl2N3.HNO3/c18-16-4-2-1-3-12(16)7-13(9-23-11-21-10-22-23)15-6-5-14(19)8-17(15)20;2-1(3)4/h1-6,8,10-11,13H,7,9H2;(H,2,3,4). The van der Waals surface area contributed by atoms with Gasteiger partial charge in [0.05, 0.1) is 0 Å². The lowest BCUT2D eigenvalue weighted by Crippen LogP contribution is -2.13. The maximum Gasteiger partial charge on any atom is 0.291 e. The Morgan fingerprint density at radius 2 is 1.96 bits per heavy atom. The first-order valence-electron chi connectivity index (χ1n) is 7.71. The van der Waals surface area contributed by atoms with Gasteiger partial charge in [-0.1, -0.05) is 63.4 Å². The number of benzene rings is 2. The molecule has 0 saturated heterocycles. The minimum atomic E-state index is -1.50. The van der Waals surface area contributed by atoms with Crippen LogP contribution in [0.2, 0.25) is 10.0 Å². The Labute approximate surface area is 173 Å². The van der Waals surface area contributed by atoms with E-state index in [1.165, 1.54) is 5.56 Å². The third-order valence-electron chi connectivity index (χ3n) is 3.70. The Kier molecular flexibility index (Phi) is 8.02. The molecule has 10 heteroatoms. The van der Waals surface area contributed by atoms with Crippen molar-refractivity contribution in [2.45, 2.75) is 18.9 Å². The minimum absolute atomic E-state index is 0.167. The lowest BCUT2D eigenvalue weighted by atomic mass is 9.92. The molecule has 0 saturated carbocycles. The van der Waals surface area contributed by atoms with E-state index in [1.807, 2.05) is 35.0 Å². The van der Waals surface area contributed by atoms with E-state index in [2.05, 4.69) is 32.1 Å². The highest BCUT2D eigenvalue weighted by molar-refractivity contribution is 9.10. The maximum absolute atomic E-state index is 8.36. The number of hydrogen-bond donors (Lipinski definition) is 1. The maximum atomic E-state index is 8.36. The summed E-state index contributed by atoms with van der Waals surface area (Å²) in [7, 11) is 0. The summed E-state index contributed by atoms with van der Waals surface area (Å²) >= 11 is 16.1. The van der Waals surface area contributed by atoms with Crippen LogP contribution in [0.5, 0.6) is 0 Å². The largest absolute Gasteiger partial charge is 0.328 e. The van der Waals surface area contributed by atoms with Gasteiger partial charge >= 0.3 is 0 Å². The van der Waals surface area contributed by atoms with Crippen molar-refractivity contribution in [3.8, 4) is 0 Å². The van der Waals surface area contributed by atoms with Gasteiger partial charge in [-0.15, -0.1) is 10.1 Å². The van der Waals surface area contributed by atoms with Gasteiger partial charge in [0.25, 0.3) is 5.09 Å². The van der Waals surface area contributed by atoms with Crippen molar-refractivity contribution in [2.24, 2.45) is 0 Å². The number of rotatable bonds is 5. The summed E-state index contributed by atoms with van der Waals surface area (Å²) in [5, 5.41) is 19.2. The SMILES string of the molecule is Clc1ccc(C(Cc2ccccc2Br)Cn2cncn2)c(Cl)c1.O=[N+]([O-])O. The average molecular weight is 474 g/mol. The Bertz CT molecular complexity index is 890. The average Bonchev–Trinajstić information content (AvgIpc) is 3.09. The Morgan fingerprint density at radius 3 is 2.56 bits per heavy atom. The molecule has 0 aliphatic rings. The smallest absolute Gasteiger partial charge is 0.291 e. The van der Waals surface area contributed by atoms with E-state index in [4.69, 9.17) is 38.5 Å². The van der Waals surface area contributed by atoms with Crippen LogP contribution in [0.1, 0.15) is 17.0 Å². The molecule has 0 amide bonds. The van der Waals surface area contributed by atoms with Gasteiger partial charge in [-0.25, -0.2) is 4.98 Å². The molecular formula is C17H15BrCl2N4O3. The minimum Gasteiger partial charge on any atom is -0.328 e. The molecule has 1 aromatic heterocycles. The molecular weight excluding hydrogens is 459 g/mol. The van der Waals surface area contributed by atoms with Crippen molar-refractivity contribution in [3.05, 3.63) is 90.9 Å². The van der Waals surface area contributed by atoms with Crippen molar-refractivity contribution in [1.82, 2.24) is 14.8 Å². The monoisotopic (exact) mass is 472 g/mol. The molecule has 142 valence electrons. The zero-order chi connectivity index (χ0) is 19.8. The first-order chi connectivity index (χ1) is 12.9. The summed E-state index contributed by atoms with van der Waals surface area (Å²) in [4.78, 5) is 12.4. The van der Waals surface area contributed by atoms with Crippen molar-refractivity contribution >= 4 is 39.1 Å². The molecule has 1 unspecified atom stereocenters. The second-order valence-electron chi connectivity index (χ2n) is 5.51. The van der Waals surface area contributed by atoms with E-state index >= 15 is 0 Å². The normalized spacial score (nSPS) is 11.4. The fraction of sp³-hybridized carbons (Fsp3) is 0.176. The van der Waals surface area contributed by atoms with Gasteiger partial charge in [-0.2, -0.15) is 5.10 Å². The topological polar surface area (TPSA) is 94.1 Å². The second kappa shape index (κ2) is 10.2. The lowest BCUT2D eigenvalue weighted by molar-refractivity contribution is -0.742. The number of nitrogens with zero attached hydrogens (tertiary/aromatic N) is 4. The molecule has 7 nitrogen and oxygen atoms in total. The molecule has 1 N–H and O–H groups in total.